The second kappa shape index (κ2) is 4.82. The van der Waals surface area contributed by atoms with E-state index in [-0.39, 0.29) is 17.5 Å². The number of carbonyl (C=O) groups is 1. The summed E-state index contributed by atoms with van der Waals surface area (Å²) in [7, 11) is 0. The van der Waals surface area contributed by atoms with Crippen molar-refractivity contribution in [2.24, 2.45) is 0 Å². The molecule has 2 unspecified atom stereocenters. The van der Waals surface area contributed by atoms with Crippen LogP contribution in [0.5, 0.6) is 0 Å². The fourth-order valence-electron chi connectivity index (χ4n) is 1.88. The van der Waals surface area contributed by atoms with Crippen LogP contribution in [0, 0.1) is 0 Å². The molecular formula is C11H13BrN2O2. The van der Waals surface area contributed by atoms with Crippen LogP contribution in [-0.4, -0.2) is 21.8 Å². The summed E-state index contributed by atoms with van der Waals surface area (Å²) in [5.74, 6) is -0.132. The summed E-state index contributed by atoms with van der Waals surface area (Å²) in [6.07, 6.45) is 4.67. The maximum Gasteiger partial charge on any atom is 0.253 e. The molecule has 1 amide bonds. The molecule has 1 aliphatic rings. The van der Waals surface area contributed by atoms with Gasteiger partial charge in [0.2, 0.25) is 5.56 Å². The molecule has 86 valence electrons. The number of halogens is 1. The van der Waals surface area contributed by atoms with Crippen LogP contribution in [0.15, 0.2) is 23.1 Å². The van der Waals surface area contributed by atoms with Crippen LogP contribution in [0.2, 0.25) is 0 Å². The van der Waals surface area contributed by atoms with Crippen molar-refractivity contribution in [3.63, 3.8) is 0 Å². The lowest BCUT2D eigenvalue weighted by Crippen LogP contribution is -2.37. The van der Waals surface area contributed by atoms with Crippen molar-refractivity contribution in [2.45, 2.75) is 30.1 Å². The summed E-state index contributed by atoms with van der Waals surface area (Å²) >= 11 is 3.54. The van der Waals surface area contributed by atoms with Gasteiger partial charge in [0.25, 0.3) is 5.91 Å². The van der Waals surface area contributed by atoms with Crippen molar-refractivity contribution < 1.29 is 4.79 Å². The van der Waals surface area contributed by atoms with E-state index in [0.29, 0.717) is 10.4 Å². The summed E-state index contributed by atoms with van der Waals surface area (Å²) in [6, 6.07) is 3.08. The first-order chi connectivity index (χ1) is 7.66. The molecular weight excluding hydrogens is 272 g/mol. The van der Waals surface area contributed by atoms with Crippen LogP contribution >= 0.6 is 15.9 Å². The van der Waals surface area contributed by atoms with Crippen LogP contribution in [0.1, 0.15) is 29.6 Å². The van der Waals surface area contributed by atoms with Gasteiger partial charge in [-0.15, -0.1) is 0 Å². The maximum absolute atomic E-state index is 11.8. The van der Waals surface area contributed by atoms with E-state index >= 15 is 0 Å². The fraction of sp³-hybridized carbons (Fsp3) is 0.455. The van der Waals surface area contributed by atoms with E-state index in [2.05, 4.69) is 26.2 Å². The lowest BCUT2D eigenvalue weighted by atomic mass is 10.2. The number of pyridine rings is 1. The zero-order valence-electron chi connectivity index (χ0n) is 8.70. The summed E-state index contributed by atoms with van der Waals surface area (Å²) in [6.45, 7) is 0. The molecule has 0 aromatic carbocycles. The van der Waals surface area contributed by atoms with Crippen molar-refractivity contribution in [3.05, 3.63) is 34.2 Å². The van der Waals surface area contributed by atoms with Crippen molar-refractivity contribution in [2.75, 3.05) is 0 Å². The quantitative estimate of drug-likeness (QED) is 0.807. The van der Waals surface area contributed by atoms with Crippen molar-refractivity contribution in [1.82, 2.24) is 10.3 Å². The van der Waals surface area contributed by atoms with Gasteiger partial charge < -0.3 is 10.3 Å². The predicted octanol–water partition coefficient (Wildman–Crippen LogP) is 1.42. The van der Waals surface area contributed by atoms with Crippen LogP contribution in [-0.2, 0) is 0 Å². The minimum atomic E-state index is -0.198. The zero-order valence-corrected chi connectivity index (χ0v) is 10.3. The van der Waals surface area contributed by atoms with Crippen LogP contribution in [0.3, 0.4) is 0 Å². The number of aromatic amines is 1. The van der Waals surface area contributed by atoms with Gasteiger partial charge in [0, 0.05) is 23.1 Å². The molecule has 16 heavy (non-hydrogen) atoms. The highest BCUT2D eigenvalue weighted by Crippen LogP contribution is 2.25. The van der Waals surface area contributed by atoms with Gasteiger partial charge in [-0.1, -0.05) is 22.4 Å². The van der Waals surface area contributed by atoms with Crippen molar-refractivity contribution in [3.8, 4) is 0 Å². The molecule has 5 heteroatoms. The number of alkyl halides is 1. The van der Waals surface area contributed by atoms with Gasteiger partial charge in [0.1, 0.15) is 0 Å². The smallest absolute Gasteiger partial charge is 0.253 e. The highest BCUT2D eigenvalue weighted by atomic mass is 79.9. The van der Waals surface area contributed by atoms with Gasteiger partial charge in [-0.2, -0.15) is 0 Å². The number of nitrogens with one attached hydrogen (secondary N) is 2. The van der Waals surface area contributed by atoms with E-state index < -0.39 is 0 Å². The Kier molecular flexibility index (Phi) is 3.43. The first-order valence-electron chi connectivity index (χ1n) is 5.30. The average molecular weight is 285 g/mol. The number of carbonyl (C=O) groups excluding carboxylic acids is 1. The number of hydrogen-bond acceptors (Lipinski definition) is 2. The molecule has 1 aromatic rings. The Morgan fingerprint density at radius 2 is 2.25 bits per heavy atom. The first-order valence-corrected chi connectivity index (χ1v) is 6.22. The first kappa shape index (κ1) is 11.4. The Bertz CT molecular complexity index is 423. The standard InChI is InChI=1S/C11H13BrN2O2/c12-8-2-1-3-9(8)14-11(16)7-4-5-10(15)13-6-7/h4-6,8-9H,1-3H2,(H,13,15)(H,14,16). The number of aromatic nitrogens is 1. The van der Waals surface area contributed by atoms with Crippen LogP contribution in [0.25, 0.3) is 0 Å². The van der Waals surface area contributed by atoms with Crippen LogP contribution < -0.4 is 10.9 Å². The average Bonchev–Trinajstić information content (AvgIpc) is 2.65. The molecule has 2 N–H and O–H groups in total. The summed E-state index contributed by atoms with van der Waals surface area (Å²) in [5.41, 5.74) is 0.294. The Morgan fingerprint density at radius 3 is 2.81 bits per heavy atom. The van der Waals surface area contributed by atoms with Gasteiger partial charge in [0.15, 0.2) is 0 Å². The molecule has 4 nitrogen and oxygen atoms in total. The second-order valence-electron chi connectivity index (χ2n) is 3.97. The molecule has 1 heterocycles. The second-order valence-corrected chi connectivity index (χ2v) is 5.14. The number of rotatable bonds is 2. The van der Waals surface area contributed by atoms with Crippen molar-refractivity contribution in [1.29, 1.82) is 0 Å². The number of amides is 1. The fourth-order valence-corrected chi connectivity index (χ4v) is 2.60. The third-order valence-electron chi connectivity index (χ3n) is 2.79. The third kappa shape index (κ3) is 2.52. The molecule has 1 saturated carbocycles. The van der Waals surface area contributed by atoms with Gasteiger partial charge in [-0.05, 0) is 18.9 Å². The minimum absolute atomic E-state index is 0.132. The molecule has 0 spiro atoms. The summed E-state index contributed by atoms with van der Waals surface area (Å²) in [5, 5.41) is 2.96. The molecule has 2 rings (SSSR count). The van der Waals surface area contributed by atoms with Gasteiger partial charge in [-0.25, -0.2) is 0 Å². The molecule has 0 bridgehead atoms. The Morgan fingerprint density at radius 1 is 1.44 bits per heavy atom. The summed E-state index contributed by atoms with van der Waals surface area (Å²) < 4.78 is 0. The molecule has 1 aliphatic carbocycles. The third-order valence-corrected chi connectivity index (χ3v) is 3.89. The highest BCUT2D eigenvalue weighted by molar-refractivity contribution is 9.09. The summed E-state index contributed by atoms with van der Waals surface area (Å²) in [4.78, 5) is 25.5. The van der Waals surface area contributed by atoms with E-state index in [0.717, 1.165) is 19.3 Å². The molecule has 1 aromatic heterocycles. The van der Waals surface area contributed by atoms with E-state index in [1.807, 2.05) is 0 Å². The Hall–Kier alpha value is -1.10. The monoisotopic (exact) mass is 284 g/mol. The van der Waals surface area contributed by atoms with Gasteiger partial charge in [-0.3, -0.25) is 9.59 Å². The van der Waals surface area contributed by atoms with Gasteiger partial charge in [0.05, 0.1) is 5.56 Å². The molecule has 0 aliphatic heterocycles. The molecule has 1 fully saturated rings. The topological polar surface area (TPSA) is 62.0 Å². The van der Waals surface area contributed by atoms with Gasteiger partial charge >= 0.3 is 0 Å². The van der Waals surface area contributed by atoms with Crippen molar-refractivity contribution >= 4 is 21.8 Å². The van der Waals surface area contributed by atoms with Crippen LogP contribution in [0.4, 0.5) is 0 Å². The minimum Gasteiger partial charge on any atom is -0.348 e. The SMILES string of the molecule is O=C(NC1CCCC1Br)c1ccc(=O)[nH]c1. The van der Waals surface area contributed by atoms with E-state index in [4.69, 9.17) is 0 Å². The Balaban J connectivity index is 2.02. The number of hydrogen-bond donors (Lipinski definition) is 2. The Labute approximate surface area is 102 Å². The normalized spacial score (nSPS) is 24.3. The molecule has 2 atom stereocenters. The largest absolute Gasteiger partial charge is 0.348 e. The molecule has 0 saturated heterocycles. The van der Waals surface area contributed by atoms with E-state index in [1.165, 1.54) is 18.3 Å². The lowest BCUT2D eigenvalue weighted by Gasteiger charge is -2.15. The maximum atomic E-state index is 11.8. The molecule has 0 radical (unpaired) electrons. The van der Waals surface area contributed by atoms with E-state index in [1.54, 1.807) is 0 Å². The lowest BCUT2D eigenvalue weighted by molar-refractivity contribution is 0.0938. The van der Waals surface area contributed by atoms with E-state index in [9.17, 15) is 9.59 Å². The highest BCUT2D eigenvalue weighted by Gasteiger charge is 2.26. The predicted molar refractivity (Wildman–Crippen MR) is 64.9 cm³/mol. The zero-order chi connectivity index (χ0) is 11.5. The number of H-pyrrole nitrogens is 1.